The standard InChI is InChI=1S/C17H26N2O2/c1-3-13-4-5-15(20)14(10-13)19-16(21)17(11-18)8-6-12(2)7-9-17/h4-5,10,12,20H,3,6-9,11,18H2,1-2H3,(H,19,21). The SMILES string of the molecule is CCc1ccc(O)c(NC(=O)C2(CN)CCC(C)CC2)c1. The molecular weight excluding hydrogens is 264 g/mol. The highest BCUT2D eigenvalue weighted by Crippen LogP contribution is 2.39. The van der Waals surface area contributed by atoms with Gasteiger partial charge in [-0.1, -0.05) is 19.9 Å². The summed E-state index contributed by atoms with van der Waals surface area (Å²) in [5, 5.41) is 12.8. The minimum Gasteiger partial charge on any atom is -0.506 e. The Balaban J connectivity index is 2.16. The number of aryl methyl sites for hydroxylation is 1. The van der Waals surface area contributed by atoms with Crippen molar-refractivity contribution in [3.63, 3.8) is 0 Å². The number of phenols is 1. The summed E-state index contributed by atoms with van der Waals surface area (Å²) in [7, 11) is 0. The number of amides is 1. The van der Waals surface area contributed by atoms with Crippen molar-refractivity contribution >= 4 is 11.6 Å². The monoisotopic (exact) mass is 290 g/mol. The van der Waals surface area contributed by atoms with Gasteiger partial charge < -0.3 is 16.2 Å². The van der Waals surface area contributed by atoms with Gasteiger partial charge in [0.05, 0.1) is 11.1 Å². The third-order valence-electron chi connectivity index (χ3n) is 4.82. The van der Waals surface area contributed by atoms with Crippen molar-refractivity contribution in [1.82, 2.24) is 0 Å². The molecule has 0 unspecified atom stereocenters. The zero-order chi connectivity index (χ0) is 15.5. The number of hydrogen-bond donors (Lipinski definition) is 3. The third-order valence-corrected chi connectivity index (χ3v) is 4.82. The second-order valence-corrected chi connectivity index (χ2v) is 6.33. The van der Waals surface area contributed by atoms with E-state index in [4.69, 9.17) is 5.73 Å². The Bertz CT molecular complexity index is 506. The number of benzene rings is 1. The Kier molecular flexibility index (Phi) is 4.88. The van der Waals surface area contributed by atoms with Gasteiger partial charge >= 0.3 is 0 Å². The number of nitrogens with one attached hydrogen (secondary N) is 1. The van der Waals surface area contributed by atoms with Crippen LogP contribution >= 0.6 is 0 Å². The summed E-state index contributed by atoms with van der Waals surface area (Å²) in [6.07, 6.45) is 4.58. The summed E-state index contributed by atoms with van der Waals surface area (Å²) in [5.41, 5.74) is 7.00. The minimum atomic E-state index is -0.485. The second kappa shape index (κ2) is 6.48. The number of anilines is 1. The molecule has 0 saturated heterocycles. The highest BCUT2D eigenvalue weighted by molar-refractivity contribution is 5.96. The molecule has 4 N–H and O–H groups in total. The molecule has 1 fully saturated rings. The van der Waals surface area contributed by atoms with Gasteiger partial charge in [-0.15, -0.1) is 0 Å². The molecule has 2 rings (SSSR count). The molecule has 1 amide bonds. The zero-order valence-corrected chi connectivity index (χ0v) is 13.0. The molecular formula is C17H26N2O2. The fraction of sp³-hybridized carbons (Fsp3) is 0.588. The van der Waals surface area contributed by atoms with Crippen LogP contribution in [0, 0.1) is 11.3 Å². The van der Waals surface area contributed by atoms with Crippen LogP contribution in [0.5, 0.6) is 5.75 Å². The molecule has 0 heterocycles. The molecule has 21 heavy (non-hydrogen) atoms. The van der Waals surface area contributed by atoms with Gasteiger partial charge in [-0.2, -0.15) is 0 Å². The average molecular weight is 290 g/mol. The van der Waals surface area contributed by atoms with Crippen LogP contribution in [-0.2, 0) is 11.2 Å². The fourth-order valence-electron chi connectivity index (χ4n) is 3.00. The topological polar surface area (TPSA) is 75.3 Å². The minimum absolute atomic E-state index is 0.0551. The maximum Gasteiger partial charge on any atom is 0.231 e. The van der Waals surface area contributed by atoms with Gasteiger partial charge in [0.15, 0.2) is 0 Å². The van der Waals surface area contributed by atoms with E-state index in [1.54, 1.807) is 6.07 Å². The van der Waals surface area contributed by atoms with Crippen LogP contribution in [0.25, 0.3) is 0 Å². The second-order valence-electron chi connectivity index (χ2n) is 6.33. The maximum atomic E-state index is 12.7. The molecule has 1 aromatic carbocycles. The summed E-state index contributed by atoms with van der Waals surface area (Å²) in [5.74, 6) is 0.714. The lowest BCUT2D eigenvalue weighted by atomic mass is 9.70. The van der Waals surface area contributed by atoms with Gasteiger partial charge in [-0.3, -0.25) is 4.79 Å². The number of carbonyl (C=O) groups excluding carboxylic acids is 1. The smallest absolute Gasteiger partial charge is 0.231 e. The fourth-order valence-corrected chi connectivity index (χ4v) is 3.00. The van der Waals surface area contributed by atoms with Crippen molar-refractivity contribution in [3.8, 4) is 5.75 Å². The Morgan fingerprint density at radius 3 is 2.67 bits per heavy atom. The number of hydrogen-bond acceptors (Lipinski definition) is 3. The summed E-state index contributed by atoms with van der Waals surface area (Å²) in [6.45, 7) is 4.62. The summed E-state index contributed by atoms with van der Waals surface area (Å²) in [4.78, 5) is 12.7. The summed E-state index contributed by atoms with van der Waals surface area (Å²) in [6, 6.07) is 5.33. The Morgan fingerprint density at radius 1 is 1.43 bits per heavy atom. The number of phenolic OH excluding ortho intramolecular Hbond substituents is 1. The van der Waals surface area contributed by atoms with Gasteiger partial charge in [0.25, 0.3) is 0 Å². The molecule has 4 heteroatoms. The van der Waals surface area contributed by atoms with Crippen molar-refractivity contribution in [3.05, 3.63) is 23.8 Å². The molecule has 1 aliphatic rings. The van der Waals surface area contributed by atoms with Crippen molar-refractivity contribution in [1.29, 1.82) is 0 Å². The van der Waals surface area contributed by atoms with Crippen molar-refractivity contribution in [2.45, 2.75) is 46.0 Å². The number of rotatable bonds is 4. The van der Waals surface area contributed by atoms with Gasteiger partial charge in [-0.25, -0.2) is 0 Å². The molecule has 0 aromatic heterocycles. The summed E-state index contributed by atoms with van der Waals surface area (Å²) >= 11 is 0. The van der Waals surface area contributed by atoms with Crippen LogP contribution < -0.4 is 11.1 Å². The van der Waals surface area contributed by atoms with Crippen LogP contribution in [0.4, 0.5) is 5.69 Å². The summed E-state index contributed by atoms with van der Waals surface area (Å²) < 4.78 is 0. The van der Waals surface area contributed by atoms with E-state index in [1.807, 2.05) is 19.1 Å². The van der Waals surface area contributed by atoms with Gasteiger partial charge in [0, 0.05) is 6.54 Å². The predicted molar refractivity (Wildman–Crippen MR) is 85.2 cm³/mol. The molecule has 1 aromatic rings. The molecule has 0 atom stereocenters. The zero-order valence-electron chi connectivity index (χ0n) is 13.0. The van der Waals surface area contributed by atoms with E-state index < -0.39 is 5.41 Å². The lowest BCUT2D eigenvalue weighted by molar-refractivity contribution is -0.127. The largest absolute Gasteiger partial charge is 0.506 e. The van der Waals surface area contributed by atoms with E-state index >= 15 is 0 Å². The maximum absolute atomic E-state index is 12.7. The van der Waals surface area contributed by atoms with Crippen LogP contribution in [0.3, 0.4) is 0 Å². The lowest BCUT2D eigenvalue weighted by Gasteiger charge is -2.37. The van der Waals surface area contributed by atoms with E-state index in [0.29, 0.717) is 18.2 Å². The Hall–Kier alpha value is -1.55. The number of nitrogens with two attached hydrogens (primary N) is 1. The van der Waals surface area contributed by atoms with E-state index in [2.05, 4.69) is 12.2 Å². The Labute approximate surface area is 126 Å². The first-order valence-electron chi connectivity index (χ1n) is 7.84. The number of carbonyl (C=O) groups is 1. The molecule has 0 radical (unpaired) electrons. The van der Waals surface area contributed by atoms with E-state index in [9.17, 15) is 9.90 Å². The average Bonchev–Trinajstić information content (AvgIpc) is 2.50. The van der Waals surface area contributed by atoms with Crippen LogP contribution in [0.1, 0.15) is 45.1 Å². The Morgan fingerprint density at radius 2 is 2.10 bits per heavy atom. The van der Waals surface area contributed by atoms with Gasteiger partial charge in [0.1, 0.15) is 5.75 Å². The highest BCUT2D eigenvalue weighted by Gasteiger charge is 2.40. The van der Waals surface area contributed by atoms with Crippen LogP contribution in [0.15, 0.2) is 18.2 Å². The van der Waals surface area contributed by atoms with E-state index in [1.165, 1.54) is 0 Å². The van der Waals surface area contributed by atoms with Crippen molar-refractivity contribution in [2.24, 2.45) is 17.1 Å². The van der Waals surface area contributed by atoms with Crippen LogP contribution in [-0.4, -0.2) is 17.6 Å². The normalized spacial score (nSPS) is 25.6. The van der Waals surface area contributed by atoms with E-state index in [-0.39, 0.29) is 11.7 Å². The van der Waals surface area contributed by atoms with Gasteiger partial charge in [0.2, 0.25) is 5.91 Å². The van der Waals surface area contributed by atoms with E-state index in [0.717, 1.165) is 37.7 Å². The molecule has 1 aliphatic carbocycles. The molecule has 116 valence electrons. The molecule has 1 saturated carbocycles. The van der Waals surface area contributed by atoms with Crippen molar-refractivity contribution < 1.29 is 9.90 Å². The first kappa shape index (κ1) is 15.8. The van der Waals surface area contributed by atoms with Crippen molar-refractivity contribution in [2.75, 3.05) is 11.9 Å². The first-order valence-corrected chi connectivity index (χ1v) is 7.84. The molecule has 0 aliphatic heterocycles. The molecule has 4 nitrogen and oxygen atoms in total. The van der Waals surface area contributed by atoms with Gasteiger partial charge in [-0.05, 0) is 55.7 Å². The molecule has 0 spiro atoms. The van der Waals surface area contributed by atoms with Crippen LogP contribution in [0.2, 0.25) is 0 Å². The number of aromatic hydroxyl groups is 1. The lowest BCUT2D eigenvalue weighted by Crippen LogP contribution is -2.44. The molecule has 0 bridgehead atoms. The quantitative estimate of drug-likeness (QED) is 0.746. The predicted octanol–water partition coefficient (Wildman–Crippen LogP) is 3.05. The first-order chi connectivity index (χ1) is 10.0. The highest BCUT2D eigenvalue weighted by atomic mass is 16.3. The third kappa shape index (κ3) is 3.38.